The summed E-state index contributed by atoms with van der Waals surface area (Å²) in [5, 5.41) is 5.72. The minimum atomic E-state index is -0.658. The van der Waals surface area contributed by atoms with Crippen LogP contribution in [0.2, 0.25) is 5.02 Å². The molecule has 1 saturated carbocycles. The Kier molecular flexibility index (Phi) is 4.30. The van der Waals surface area contributed by atoms with Gasteiger partial charge < -0.3 is 10.6 Å². The fourth-order valence-corrected chi connectivity index (χ4v) is 2.28. The third kappa shape index (κ3) is 3.87. The highest BCUT2D eigenvalue weighted by Crippen LogP contribution is 2.21. The van der Waals surface area contributed by atoms with E-state index in [1.165, 1.54) is 12.1 Å². The molecule has 1 aliphatic carbocycles. The van der Waals surface area contributed by atoms with Crippen molar-refractivity contribution in [1.29, 1.82) is 0 Å². The lowest BCUT2D eigenvalue weighted by atomic mass is 10.1. The maximum absolute atomic E-state index is 13.7. The predicted octanol–water partition coefficient (Wildman–Crippen LogP) is 3.62. The Morgan fingerprint density at radius 1 is 1.09 bits per heavy atom. The van der Waals surface area contributed by atoms with Gasteiger partial charge in [-0.05, 0) is 49.2 Å². The number of anilines is 1. The zero-order valence-electron chi connectivity index (χ0n) is 12.1. The Morgan fingerprint density at radius 3 is 2.61 bits per heavy atom. The van der Waals surface area contributed by atoms with Crippen molar-refractivity contribution in [3.8, 4) is 0 Å². The van der Waals surface area contributed by atoms with Gasteiger partial charge in [-0.15, -0.1) is 0 Å². The second-order valence-electron chi connectivity index (χ2n) is 5.41. The standard InChI is InChI=1S/C17H14ClFN2O2/c18-11-4-7-15(19)14(9-11)17(23)21-13-3-1-2-10(8-13)16(22)20-12-5-6-12/h1-4,7-9,12H,5-6H2,(H,20,22)(H,21,23). The SMILES string of the molecule is O=C(NC1CC1)c1cccc(NC(=O)c2cc(Cl)ccc2F)c1. The smallest absolute Gasteiger partial charge is 0.258 e. The number of hydrogen-bond acceptors (Lipinski definition) is 2. The molecule has 2 N–H and O–H groups in total. The van der Waals surface area contributed by atoms with E-state index in [-0.39, 0.29) is 22.5 Å². The third-order valence-electron chi connectivity index (χ3n) is 3.47. The van der Waals surface area contributed by atoms with Crippen LogP contribution in [-0.4, -0.2) is 17.9 Å². The Labute approximate surface area is 137 Å². The van der Waals surface area contributed by atoms with Gasteiger partial charge in [0.25, 0.3) is 11.8 Å². The van der Waals surface area contributed by atoms with Crippen LogP contribution in [0.5, 0.6) is 0 Å². The molecule has 118 valence electrons. The van der Waals surface area contributed by atoms with E-state index in [0.717, 1.165) is 18.9 Å². The van der Waals surface area contributed by atoms with Crippen LogP contribution >= 0.6 is 11.6 Å². The topological polar surface area (TPSA) is 58.2 Å². The van der Waals surface area contributed by atoms with Crippen molar-refractivity contribution in [1.82, 2.24) is 5.32 Å². The molecule has 2 amide bonds. The van der Waals surface area contributed by atoms with Gasteiger partial charge in [-0.2, -0.15) is 0 Å². The molecule has 0 unspecified atom stereocenters. The van der Waals surface area contributed by atoms with E-state index in [1.807, 2.05) is 0 Å². The van der Waals surface area contributed by atoms with Crippen LogP contribution in [0, 0.1) is 5.82 Å². The lowest BCUT2D eigenvalue weighted by molar-refractivity contribution is 0.0949. The van der Waals surface area contributed by atoms with Crippen molar-refractivity contribution in [2.45, 2.75) is 18.9 Å². The molecule has 0 aliphatic heterocycles. The number of halogens is 2. The van der Waals surface area contributed by atoms with Gasteiger partial charge in [-0.25, -0.2) is 4.39 Å². The number of rotatable bonds is 4. The average molecular weight is 333 g/mol. The van der Waals surface area contributed by atoms with Crippen LogP contribution in [0.1, 0.15) is 33.6 Å². The zero-order valence-corrected chi connectivity index (χ0v) is 12.9. The van der Waals surface area contributed by atoms with E-state index in [9.17, 15) is 14.0 Å². The highest BCUT2D eigenvalue weighted by atomic mass is 35.5. The van der Waals surface area contributed by atoms with Crippen LogP contribution in [0.15, 0.2) is 42.5 Å². The summed E-state index contributed by atoms with van der Waals surface area (Å²) in [6, 6.07) is 10.5. The van der Waals surface area contributed by atoms with E-state index in [0.29, 0.717) is 11.3 Å². The molecule has 2 aromatic carbocycles. The molecule has 2 aromatic rings. The van der Waals surface area contributed by atoms with Gasteiger partial charge >= 0.3 is 0 Å². The van der Waals surface area contributed by atoms with Crippen molar-refractivity contribution in [2.75, 3.05) is 5.32 Å². The van der Waals surface area contributed by atoms with Crippen molar-refractivity contribution < 1.29 is 14.0 Å². The first-order valence-corrected chi connectivity index (χ1v) is 7.58. The van der Waals surface area contributed by atoms with E-state index in [4.69, 9.17) is 11.6 Å². The van der Waals surface area contributed by atoms with Gasteiger partial charge in [0.1, 0.15) is 5.82 Å². The Balaban J connectivity index is 1.75. The molecule has 0 radical (unpaired) electrons. The molecule has 4 nitrogen and oxygen atoms in total. The maximum atomic E-state index is 13.7. The van der Waals surface area contributed by atoms with E-state index in [2.05, 4.69) is 10.6 Å². The lowest BCUT2D eigenvalue weighted by Crippen LogP contribution is -2.25. The molecule has 23 heavy (non-hydrogen) atoms. The van der Waals surface area contributed by atoms with Crippen LogP contribution in [-0.2, 0) is 0 Å². The minimum absolute atomic E-state index is 0.148. The molecule has 0 saturated heterocycles. The monoisotopic (exact) mass is 332 g/mol. The minimum Gasteiger partial charge on any atom is -0.349 e. The Morgan fingerprint density at radius 2 is 1.87 bits per heavy atom. The highest BCUT2D eigenvalue weighted by Gasteiger charge is 2.23. The molecular weight excluding hydrogens is 319 g/mol. The number of benzene rings is 2. The molecule has 0 atom stereocenters. The van der Waals surface area contributed by atoms with Crippen molar-refractivity contribution in [3.63, 3.8) is 0 Å². The lowest BCUT2D eigenvalue weighted by Gasteiger charge is -2.09. The number of amides is 2. The van der Waals surface area contributed by atoms with Gasteiger partial charge in [-0.1, -0.05) is 17.7 Å². The first kappa shape index (κ1) is 15.5. The summed E-state index contributed by atoms with van der Waals surface area (Å²) in [6.07, 6.45) is 1.99. The molecule has 1 aliphatic rings. The fraction of sp³-hybridized carbons (Fsp3) is 0.176. The third-order valence-corrected chi connectivity index (χ3v) is 3.70. The molecule has 0 spiro atoms. The van der Waals surface area contributed by atoms with Crippen LogP contribution < -0.4 is 10.6 Å². The summed E-state index contributed by atoms with van der Waals surface area (Å²) in [5.41, 5.74) is 0.712. The summed E-state index contributed by atoms with van der Waals surface area (Å²) in [6.45, 7) is 0. The van der Waals surface area contributed by atoms with E-state index < -0.39 is 11.7 Å². The number of carbonyl (C=O) groups is 2. The molecular formula is C17H14ClFN2O2. The Bertz CT molecular complexity index is 775. The normalized spacial score (nSPS) is 13.5. The van der Waals surface area contributed by atoms with Gasteiger partial charge in [0.15, 0.2) is 0 Å². The predicted molar refractivity (Wildman–Crippen MR) is 86.3 cm³/mol. The average Bonchev–Trinajstić information content (AvgIpc) is 3.34. The van der Waals surface area contributed by atoms with Crippen molar-refractivity contribution in [2.24, 2.45) is 0 Å². The fourth-order valence-electron chi connectivity index (χ4n) is 2.10. The molecule has 3 rings (SSSR count). The summed E-state index contributed by atoms with van der Waals surface area (Å²) in [7, 11) is 0. The number of hydrogen-bond donors (Lipinski definition) is 2. The zero-order chi connectivity index (χ0) is 16.4. The number of nitrogens with one attached hydrogen (secondary N) is 2. The van der Waals surface area contributed by atoms with E-state index >= 15 is 0 Å². The van der Waals surface area contributed by atoms with Gasteiger partial charge in [-0.3, -0.25) is 9.59 Å². The van der Waals surface area contributed by atoms with Gasteiger partial charge in [0.2, 0.25) is 0 Å². The molecule has 1 fully saturated rings. The van der Waals surface area contributed by atoms with Gasteiger partial charge in [0.05, 0.1) is 5.56 Å². The second kappa shape index (κ2) is 6.38. The first-order valence-electron chi connectivity index (χ1n) is 7.20. The summed E-state index contributed by atoms with van der Waals surface area (Å²) < 4.78 is 13.7. The summed E-state index contributed by atoms with van der Waals surface area (Å²) in [4.78, 5) is 24.1. The van der Waals surface area contributed by atoms with Crippen molar-refractivity contribution in [3.05, 3.63) is 64.4 Å². The number of carbonyl (C=O) groups excluding carboxylic acids is 2. The van der Waals surface area contributed by atoms with Crippen molar-refractivity contribution >= 4 is 29.1 Å². The Hall–Kier alpha value is -2.40. The van der Waals surface area contributed by atoms with Crippen LogP contribution in [0.3, 0.4) is 0 Å². The van der Waals surface area contributed by atoms with Crippen LogP contribution in [0.25, 0.3) is 0 Å². The molecule has 0 bridgehead atoms. The summed E-state index contributed by atoms with van der Waals surface area (Å²) in [5.74, 6) is -1.46. The quantitative estimate of drug-likeness (QED) is 0.898. The molecule has 0 heterocycles. The second-order valence-corrected chi connectivity index (χ2v) is 5.84. The maximum Gasteiger partial charge on any atom is 0.258 e. The summed E-state index contributed by atoms with van der Waals surface area (Å²) >= 11 is 5.79. The highest BCUT2D eigenvalue weighted by molar-refractivity contribution is 6.31. The molecule has 0 aromatic heterocycles. The van der Waals surface area contributed by atoms with Gasteiger partial charge in [0, 0.05) is 22.3 Å². The molecule has 6 heteroatoms. The van der Waals surface area contributed by atoms with Crippen LogP contribution in [0.4, 0.5) is 10.1 Å². The first-order chi connectivity index (χ1) is 11.0. The largest absolute Gasteiger partial charge is 0.349 e. The van der Waals surface area contributed by atoms with E-state index in [1.54, 1.807) is 24.3 Å².